The highest BCUT2D eigenvalue weighted by Gasteiger charge is 2.24. The molecule has 2 aromatic carbocycles. The third-order valence-corrected chi connectivity index (χ3v) is 3.48. The first-order valence-corrected chi connectivity index (χ1v) is 6.66. The van der Waals surface area contributed by atoms with Gasteiger partial charge in [0.15, 0.2) is 0 Å². The Bertz CT molecular complexity index is 586. The van der Waals surface area contributed by atoms with Gasteiger partial charge in [0.1, 0.15) is 18.5 Å². The summed E-state index contributed by atoms with van der Waals surface area (Å²) in [6.07, 6.45) is 0.283. The summed E-state index contributed by atoms with van der Waals surface area (Å²) in [4.78, 5) is 0. The Hall–Kier alpha value is -1.80. The second-order valence-electron chi connectivity index (χ2n) is 5.03. The lowest BCUT2D eigenvalue weighted by Crippen LogP contribution is -2.05. The molecule has 0 radical (unpaired) electrons. The van der Waals surface area contributed by atoms with Crippen molar-refractivity contribution in [1.82, 2.24) is 0 Å². The van der Waals surface area contributed by atoms with Crippen LogP contribution in [0.3, 0.4) is 0 Å². The van der Waals surface area contributed by atoms with E-state index in [1.165, 1.54) is 22.3 Å². The van der Waals surface area contributed by atoms with Gasteiger partial charge in [-0.25, -0.2) is 0 Å². The molecule has 2 aromatic rings. The molecule has 98 valence electrons. The maximum atomic E-state index is 5.93. The normalized spacial score (nSPS) is 17.3. The highest BCUT2D eigenvalue weighted by atomic mass is 16.6. The van der Waals surface area contributed by atoms with Crippen LogP contribution in [0.1, 0.15) is 11.1 Å². The fourth-order valence-corrected chi connectivity index (χ4v) is 2.31. The van der Waals surface area contributed by atoms with Crippen LogP contribution in [-0.4, -0.2) is 19.3 Å². The van der Waals surface area contributed by atoms with Crippen molar-refractivity contribution in [3.63, 3.8) is 0 Å². The Morgan fingerprint density at radius 2 is 1.79 bits per heavy atom. The van der Waals surface area contributed by atoms with Gasteiger partial charge >= 0.3 is 0 Å². The fourth-order valence-electron chi connectivity index (χ4n) is 2.31. The predicted octanol–water partition coefficient (Wildman–Crippen LogP) is 3.75. The molecule has 2 nitrogen and oxygen atoms in total. The molecule has 1 saturated heterocycles. The molecular formula is C17H18O2. The van der Waals surface area contributed by atoms with E-state index in [1.54, 1.807) is 0 Å². The molecular weight excluding hydrogens is 236 g/mol. The summed E-state index contributed by atoms with van der Waals surface area (Å²) < 4.78 is 11.1. The Morgan fingerprint density at radius 1 is 1.05 bits per heavy atom. The second kappa shape index (κ2) is 5.06. The molecule has 1 unspecified atom stereocenters. The number of benzene rings is 2. The van der Waals surface area contributed by atoms with E-state index in [4.69, 9.17) is 9.47 Å². The minimum atomic E-state index is 0.283. The Kier molecular flexibility index (Phi) is 3.26. The standard InChI is InChI=1S/C17H18O2/c1-12-6-3-4-8-15(12)17-13(2)7-5-9-16(17)19-11-14-10-18-14/h3-9,14H,10-11H2,1-2H3. The zero-order valence-corrected chi connectivity index (χ0v) is 11.3. The highest BCUT2D eigenvalue weighted by molar-refractivity contribution is 5.76. The van der Waals surface area contributed by atoms with E-state index < -0.39 is 0 Å². The van der Waals surface area contributed by atoms with E-state index in [9.17, 15) is 0 Å². The molecule has 2 heteroatoms. The van der Waals surface area contributed by atoms with E-state index >= 15 is 0 Å². The van der Waals surface area contributed by atoms with Crippen LogP contribution in [0.4, 0.5) is 0 Å². The number of hydrogen-bond donors (Lipinski definition) is 0. The van der Waals surface area contributed by atoms with Crippen molar-refractivity contribution in [2.45, 2.75) is 20.0 Å². The monoisotopic (exact) mass is 254 g/mol. The average Bonchev–Trinajstić information content (AvgIpc) is 3.22. The molecule has 19 heavy (non-hydrogen) atoms. The number of epoxide rings is 1. The first kappa shape index (κ1) is 12.2. The lowest BCUT2D eigenvalue weighted by Gasteiger charge is -2.15. The van der Waals surface area contributed by atoms with Gasteiger partial charge in [-0.2, -0.15) is 0 Å². The zero-order chi connectivity index (χ0) is 13.2. The van der Waals surface area contributed by atoms with Gasteiger partial charge in [0.05, 0.1) is 6.61 Å². The second-order valence-corrected chi connectivity index (χ2v) is 5.03. The van der Waals surface area contributed by atoms with E-state index in [0.717, 1.165) is 12.4 Å². The molecule has 1 aliphatic heterocycles. The van der Waals surface area contributed by atoms with Gasteiger partial charge in [-0.15, -0.1) is 0 Å². The maximum Gasteiger partial charge on any atom is 0.127 e. The van der Waals surface area contributed by atoms with Crippen LogP contribution in [0.2, 0.25) is 0 Å². The molecule has 0 N–H and O–H groups in total. The minimum absolute atomic E-state index is 0.283. The molecule has 0 aliphatic carbocycles. The lowest BCUT2D eigenvalue weighted by atomic mass is 9.96. The zero-order valence-electron chi connectivity index (χ0n) is 11.3. The van der Waals surface area contributed by atoms with E-state index in [0.29, 0.717) is 6.61 Å². The Labute approximate surface area is 114 Å². The van der Waals surface area contributed by atoms with Crippen molar-refractivity contribution in [2.24, 2.45) is 0 Å². The molecule has 1 aliphatic rings. The molecule has 1 fully saturated rings. The van der Waals surface area contributed by atoms with Crippen molar-refractivity contribution in [2.75, 3.05) is 13.2 Å². The van der Waals surface area contributed by atoms with Crippen molar-refractivity contribution >= 4 is 0 Å². The van der Waals surface area contributed by atoms with Crippen molar-refractivity contribution in [1.29, 1.82) is 0 Å². The van der Waals surface area contributed by atoms with E-state index in [2.05, 4.69) is 44.2 Å². The molecule has 0 amide bonds. The van der Waals surface area contributed by atoms with Crippen LogP contribution in [0.5, 0.6) is 5.75 Å². The van der Waals surface area contributed by atoms with Crippen molar-refractivity contribution in [3.8, 4) is 16.9 Å². The minimum Gasteiger partial charge on any atom is -0.490 e. The fraction of sp³-hybridized carbons (Fsp3) is 0.294. The lowest BCUT2D eigenvalue weighted by molar-refractivity contribution is 0.264. The van der Waals surface area contributed by atoms with Crippen LogP contribution in [0.25, 0.3) is 11.1 Å². The van der Waals surface area contributed by atoms with Crippen LogP contribution in [0.15, 0.2) is 42.5 Å². The van der Waals surface area contributed by atoms with Crippen molar-refractivity contribution in [3.05, 3.63) is 53.6 Å². The van der Waals surface area contributed by atoms with Gasteiger partial charge in [0, 0.05) is 5.56 Å². The summed E-state index contributed by atoms with van der Waals surface area (Å²) in [5.41, 5.74) is 4.95. The van der Waals surface area contributed by atoms with E-state index in [-0.39, 0.29) is 6.10 Å². The molecule has 3 rings (SSSR count). The van der Waals surface area contributed by atoms with Crippen LogP contribution < -0.4 is 4.74 Å². The van der Waals surface area contributed by atoms with Gasteiger partial charge < -0.3 is 9.47 Å². The molecule has 0 saturated carbocycles. The summed E-state index contributed by atoms with van der Waals surface area (Å²) in [5, 5.41) is 0. The Balaban J connectivity index is 2.00. The third kappa shape index (κ3) is 2.64. The van der Waals surface area contributed by atoms with E-state index in [1.807, 2.05) is 12.1 Å². The van der Waals surface area contributed by atoms with Crippen LogP contribution in [0, 0.1) is 13.8 Å². The van der Waals surface area contributed by atoms with Gasteiger partial charge in [-0.1, -0.05) is 36.4 Å². The SMILES string of the molecule is Cc1ccccc1-c1c(C)cccc1OCC1CO1. The number of ether oxygens (including phenoxy) is 2. The van der Waals surface area contributed by atoms with Crippen LogP contribution in [-0.2, 0) is 4.74 Å². The smallest absolute Gasteiger partial charge is 0.127 e. The maximum absolute atomic E-state index is 5.93. The first-order valence-electron chi connectivity index (χ1n) is 6.66. The van der Waals surface area contributed by atoms with Gasteiger partial charge in [0.2, 0.25) is 0 Å². The molecule has 0 aromatic heterocycles. The third-order valence-electron chi connectivity index (χ3n) is 3.48. The number of aryl methyl sites for hydroxylation is 2. The average molecular weight is 254 g/mol. The largest absolute Gasteiger partial charge is 0.490 e. The molecule has 1 heterocycles. The predicted molar refractivity (Wildman–Crippen MR) is 76.6 cm³/mol. The highest BCUT2D eigenvalue weighted by Crippen LogP contribution is 2.35. The summed E-state index contributed by atoms with van der Waals surface area (Å²) >= 11 is 0. The molecule has 0 spiro atoms. The summed E-state index contributed by atoms with van der Waals surface area (Å²) in [6, 6.07) is 14.6. The van der Waals surface area contributed by atoms with Crippen molar-refractivity contribution < 1.29 is 9.47 Å². The number of hydrogen-bond acceptors (Lipinski definition) is 2. The topological polar surface area (TPSA) is 21.8 Å². The first-order chi connectivity index (χ1) is 9.25. The van der Waals surface area contributed by atoms with Gasteiger partial charge in [-0.05, 0) is 36.6 Å². The summed E-state index contributed by atoms with van der Waals surface area (Å²) in [5.74, 6) is 0.949. The number of rotatable bonds is 4. The molecule has 0 bridgehead atoms. The quantitative estimate of drug-likeness (QED) is 0.775. The van der Waals surface area contributed by atoms with Crippen LogP contribution >= 0.6 is 0 Å². The van der Waals surface area contributed by atoms with Gasteiger partial charge in [-0.3, -0.25) is 0 Å². The van der Waals surface area contributed by atoms with Gasteiger partial charge in [0.25, 0.3) is 0 Å². The Morgan fingerprint density at radius 3 is 2.53 bits per heavy atom. The summed E-state index contributed by atoms with van der Waals surface area (Å²) in [7, 11) is 0. The summed E-state index contributed by atoms with van der Waals surface area (Å²) in [6.45, 7) is 5.73. The molecule has 1 atom stereocenters.